The van der Waals surface area contributed by atoms with Gasteiger partial charge in [-0.05, 0) is 17.2 Å². The van der Waals surface area contributed by atoms with Gasteiger partial charge in [0, 0.05) is 5.56 Å². The van der Waals surface area contributed by atoms with Crippen LogP contribution >= 0.6 is 0 Å². The number of alkyl halides is 3. The van der Waals surface area contributed by atoms with E-state index in [1.165, 1.54) is 36.4 Å². The van der Waals surface area contributed by atoms with Crippen LogP contribution in [0.15, 0.2) is 53.4 Å². The fourth-order valence-corrected chi connectivity index (χ4v) is 2.76. The van der Waals surface area contributed by atoms with E-state index in [1.807, 2.05) is 0 Å². The third kappa shape index (κ3) is 4.06. The van der Waals surface area contributed by atoms with Crippen LogP contribution in [0.3, 0.4) is 0 Å². The molecule has 0 aliphatic rings. The number of hydrogen-bond acceptors (Lipinski definition) is 3. The Hall–Kier alpha value is -1.90. The van der Waals surface area contributed by atoms with Gasteiger partial charge in [0.15, 0.2) is 0 Å². The third-order valence-electron chi connectivity index (χ3n) is 2.89. The van der Waals surface area contributed by atoms with Gasteiger partial charge >= 0.3 is 6.36 Å². The molecular weight excluding hydrogens is 319 g/mol. The largest absolute Gasteiger partial charge is 0.522 e. The molecule has 0 spiro atoms. The van der Waals surface area contributed by atoms with E-state index in [4.69, 9.17) is 5.14 Å². The lowest BCUT2D eigenvalue weighted by Crippen LogP contribution is -2.15. The maximum atomic E-state index is 12.2. The monoisotopic (exact) mass is 331 g/mol. The van der Waals surface area contributed by atoms with Gasteiger partial charge in [-0.3, -0.25) is 4.74 Å². The number of benzene rings is 2. The lowest BCUT2D eigenvalue weighted by Gasteiger charge is -2.14. The summed E-state index contributed by atoms with van der Waals surface area (Å²) in [5, 5.41) is 5.15. The predicted molar refractivity (Wildman–Crippen MR) is 74.1 cm³/mol. The van der Waals surface area contributed by atoms with Gasteiger partial charge < -0.3 is 0 Å². The van der Waals surface area contributed by atoms with Crippen LogP contribution in [0.1, 0.15) is 5.56 Å². The van der Waals surface area contributed by atoms with Crippen molar-refractivity contribution >= 4 is 10.0 Å². The van der Waals surface area contributed by atoms with E-state index in [0.717, 1.165) is 0 Å². The summed E-state index contributed by atoms with van der Waals surface area (Å²) in [6, 6.07) is 11.9. The highest BCUT2D eigenvalue weighted by molar-refractivity contribution is 7.89. The van der Waals surface area contributed by atoms with E-state index < -0.39 is 23.0 Å². The molecule has 0 amide bonds. The zero-order chi connectivity index (χ0) is 16.4. The SMILES string of the molecule is NS(=O)(=O)c1ccccc1-c1ccccc1COC(F)(F)F. The molecule has 2 aromatic rings. The highest BCUT2D eigenvalue weighted by Gasteiger charge is 2.29. The van der Waals surface area contributed by atoms with Crippen LogP contribution < -0.4 is 5.14 Å². The number of nitrogens with two attached hydrogens (primary N) is 1. The van der Waals surface area contributed by atoms with E-state index in [1.54, 1.807) is 12.1 Å². The summed E-state index contributed by atoms with van der Waals surface area (Å²) >= 11 is 0. The molecule has 2 aromatic carbocycles. The highest BCUT2D eigenvalue weighted by Crippen LogP contribution is 2.31. The predicted octanol–water partition coefficient (Wildman–Crippen LogP) is 3.04. The Balaban J connectivity index is 2.51. The van der Waals surface area contributed by atoms with Crippen molar-refractivity contribution in [3.05, 3.63) is 54.1 Å². The summed E-state index contributed by atoms with van der Waals surface area (Å²) in [5.41, 5.74) is 0.749. The van der Waals surface area contributed by atoms with Crippen LogP contribution in [0, 0.1) is 0 Å². The Bertz CT molecular complexity index is 773. The second-order valence-corrected chi connectivity index (χ2v) is 5.96. The first-order valence-corrected chi connectivity index (χ1v) is 7.64. The van der Waals surface area contributed by atoms with Crippen LogP contribution in [0.25, 0.3) is 11.1 Å². The molecule has 0 saturated carbocycles. The van der Waals surface area contributed by atoms with Crippen molar-refractivity contribution in [2.45, 2.75) is 17.9 Å². The maximum absolute atomic E-state index is 12.2. The summed E-state index contributed by atoms with van der Waals surface area (Å²) in [7, 11) is -4.00. The van der Waals surface area contributed by atoms with Gasteiger partial charge in [-0.15, -0.1) is 13.2 Å². The molecule has 2 rings (SSSR count). The lowest BCUT2D eigenvalue weighted by atomic mass is 10.0. The Morgan fingerprint density at radius 3 is 2.09 bits per heavy atom. The van der Waals surface area contributed by atoms with Crippen molar-refractivity contribution in [3.63, 3.8) is 0 Å². The highest BCUT2D eigenvalue weighted by atomic mass is 32.2. The summed E-state index contributed by atoms with van der Waals surface area (Å²) in [4.78, 5) is -0.158. The summed E-state index contributed by atoms with van der Waals surface area (Å²) in [6.07, 6.45) is -4.77. The van der Waals surface area contributed by atoms with Crippen LogP contribution in [-0.2, 0) is 21.4 Å². The van der Waals surface area contributed by atoms with Gasteiger partial charge in [0.1, 0.15) is 0 Å². The molecule has 0 atom stereocenters. The quantitative estimate of drug-likeness (QED) is 0.936. The van der Waals surface area contributed by atoms with Crippen molar-refractivity contribution in [1.82, 2.24) is 0 Å². The van der Waals surface area contributed by atoms with Crippen molar-refractivity contribution in [2.75, 3.05) is 0 Å². The number of rotatable bonds is 4. The number of halogens is 3. The van der Waals surface area contributed by atoms with Crippen LogP contribution in [-0.4, -0.2) is 14.8 Å². The van der Waals surface area contributed by atoms with E-state index in [2.05, 4.69) is 4.74 Å². The average Bonchev–Trinajstić information content (AvgIpc) is 2.44. The first kappa shape index (κ1) is 16.5. The summed E-state index contributed by atoms with van der Waals surface area (Å²) in [5.74, 6) is 0. The molecule has 118 valence electrons. The van der Waals surface area contributed by atoms with E-state index >= 15 is 0 Å². The molecule has 8 heteroatoms. The Kier molecular flexibility index (Phi) is 4.55. The first-order chi connectivity index (χ1) is 10.2. The first-order valence-electron chi connectivity index (χ1n) is 6.09. The van der Waals surface area contributed by atoms with Gasteiger partial charge in [-0.25, -0.2) is 13.6 Å². The minimum atomic E-state index is -4.77. The zero-order valence-corrected chi connectivity index (χ0v) is 12.0. The second kappa shape index (κ2) is 6.07. The molecule has 0 aliphatic carbocycles. The summed E-state index contributed by atoms with van der Waals surface area (Å²) in [6.45, 7) is -0.724. The minimum absolute atomic E-state index is 0.158. The molecule has 0 heterocycles. The Morgan fingerprint density at radius 1 is 0.955 bits per heavy atom. The smallest absolute Gasteiger partial charge is 0.287 e. The summed E-state index contributed by atoms with van der Waals surface area (Å²) < 4.78 is 63.7. The number of ether oxygens (including phenoxy) is 1. The van der Waals surface area contributed by atoms with E-state index in [-0.39, 0.29) is 16.0 Å². The number of sulfonamides is 1. The fraction of sp³-hybridized carbons (Fsp3) is 0.143. The van der Waals surface area contributed by atoms with Crippen LogP contribution in [0.2, 0.25) is 0 Å². The lowest BCUT2D eigenvalue weighted by molar-refractivity contribution is -0.330. The molecule has 2 N–H and O–H groups in total. The fourth-order valence-electron chi connectivity index (χ4n) is 2.01. The van der Waals surface area contributed by atoms with Crippen LogP contribution in [0.5, 0.6) is 0 Å². The number of hydrogen-bond donors (Lipinski definition) is 1. The van der Waals surface area contributed by atoms with Crippen molar-refractivity contribution in [2.24, 2.45) is 5.14 Å². The maximum Gasteiger partial charge on any atom is 0.522 e. The van der Waals surface area contributed by atoms with Crippen molar-refractivity contribution < 1.29 is 26.3 Å². The molecule has 0 fully saturated rings. The molecule has 0 bridgehead atoms. The molecule has 4 nitrogen and oxygen atoms in total. The standard InChI is InChI=1S/C14H12F3NO3S/c15-14(16,17)21-9-10-5-1-2-6-11(10)12-7-3-4-8-13(12)22(18,19)20/h1-8H,9H2,(H2,18,19,20). The second-order valence-electron chi connectivity index (χ2n) is 4.43. The molecule has 22 heavy (non-hydrogen) atoms. The van der Waals surface area contributed by atoms with Crippen LogP contribution in [0.4, 0.5) is 13.2 Å². The van der Waals surface area contributed by atoms with Gasteiger partial charge in [0.2, 0.25) is 10.0 Å². The average molecular weight is 331 g/mol. The Labute approximate surface area is 125 Å². The van der Waals surface area contributed by atoms with Gasteiger partial charge in [-0.1, -0.05) is 42.5 Å². The zero-order valence-electron chi connectivity index (χ0n) is 11.2. The topological polar surface area (TPSA) is 69.4 Å². The van der Waals surface area contributed by atoms with Crippen molar-refractivity contribution in [1.29, 1.82) is 0 Å². The Morgan fingerprint density at radius 2 is 1.50 bits per heavy atom. The van der Waals surface area contributed by atoms with Crippen molar-refractivity contribution in [3.8, 4) is 11.1 Å². The molecule has 0 saturated heterocycles. The van der Waals surface area contributed by atoms with Gasteiger partial charge in [0.05, 0.1) is 11.5 Å². The minimum Gasteiger partial charge on any atom is -0.287 e. The molecule has 0 unspecified atom stereocenters. The molecule has 0 aromatic heterocycles. The molecule has 0 radical (unpaired) electrons. The van der Waals surface area contributed by atoms with E-state index in [0.29, 0.717) is 5.56 Å². The number of primary sulfonamides is 1. The van der Waals surface area contributed by atoms with Gasteiger partial charge in [0.25, 0.3) is 0 Å². The van der Waals surface area contributed by atoms with Gasteiger partial charge in [-0.2, -0.15) is 0 Å². The third-order valence-corrected chi connectivity index (χ3v) is 3.86. The normalized spacial score (nSPS) is 12.4. The molecule has 0 aliphatic heterocycles. The molecular formula is C14H12F3NO3S. The van der Waals surface area contributed by atoms with E-state index in [9.17, 15) is 21.6 Å².